The lowest BCUT2D eigenvalue weighted by Gasteiger charge is -2.14. The highest BCUT2D eigenvalue weighted by Crippen LogP contribution is 2.30. The van der Waals surface area contributed by atoms with Crippen molar-refractivity contribution < 1.29 is 4.39 Å². The number of halogens is 2. The third kappa shape index (κ3) is 2.73. The number of hydrogen-bond acceptors (Lipinski definition) is 3. The van der Waals surface area contributed by atoms with Gasteiger partial charge in [-0.2, -0.15) is 5.10 Å². The first kappa shape index (κ1) is 13.9. The van der Waals surface area contributed by atoms with Gasteiger partial charge in [0.15, 0.2) is 5.82 Å². The van der Waals surface area contributed by atoms with Gasteiger partial charge in [0.25, 0.3) is 0 Å². The summed E-state index contributed by atoms with van der Waals surface area (Å²) in [5.41, 5.74) is 7.62. The molecule has 0 amide bonds. The fraction of sp³-hybridized carbons (Fsp3) is 0.308. The lowest BCUT2D eigenvalue weighted by molar-refractivity contribution is 0.536. The second-order valence-corrected chi connectivity index (χ2v) is 5.55. The van der Waals surface area contributed by atoms with Gasteiger partial charge in [0.1, 0.15) is 5.82 Å². The van der Waals surface area contributed by atoms with Crippen LogP contribution in [-0.4, -0.2) is 9.78 Å². The van der Waals surface area contributed by atoms with Gasteiger partial charge in [-0.3, -0.25) is 0 Å². The molecular formula is C13H16BrFN4. The van der Waals surface area contributed by atoms with Gasteiger partial charge in [0, 0.05) is 10.5 Å². The summed E-state index contributed by atoms with van der Waals surface area (Å²) in [4.78, 5) is 0. The van der Waals surface area contributed by atoms with E-state index in [1.54, 1.807) is 16.8 Å². The van der Waals surface area contributed by atoms with Crippen molar-refractivity contribution in [3.8, 4) is 0 Å². The topological polar surface area (TPSA) is 55.9 Å². The Morgan fingerprint density at radius 3 is 2.74 bits per heavy atom. The zero-order valence-corrected chi connectivity index (χ0v) is 12.6. The van der Waals surface area contributed by atoms with Crippen LogP contribution >= 0.6 is 15.9 Å². The molecule has 102 valence electrons. The van der Waals surface area contributed by atoms with Gasteiger partial charge in [0.2, 0.25) is 0 Å². The summed E-state index contributed by atoms with van der Waals surface area (Å²) in [5.74, 6) is 0.279. The molecule has 3 N–H and O–H groups in total. The van der Waals surface area contributed by atoms with Crippen LogP contribution in [0.25, 0.3) is 0 Å². The predicted molar refractivity (Wildman–Crippen MR) is 79.1 cm³/mol. The lowest BCUT2D eigenvalue weighted by atomic mass is 10.3. The molecule has 0 saturated carbocycles. The Kier molecular flexibility index (Phi) is 3.80. The smallest absolute Gasteiger partial charge is 0.152 e. The van der Waals surface area contributed by atoms with E-state index in [1.165, 1.54) is 6.07 Å². The van der Waals surface area contributed by atoms with Crippen LogP contribution in [0.1, 0.15) is 25.6 Å². The molecule has 19 heavy (non-hydrogen) atoms. The Bertz CT molecular complexity index is 607. The third-order valence-corrected chi connectivity index (χ3v) is 3.30. The number of anilines is 3. The van der Waals surface area contributed by atoms with Crippen LogP contribution in [0, 0.1) is 12.7 Å². The van der Waals surface area contributed by atoms with E-state index in [0.29, 0.717) is 17.2 Å². The Morgan fingerprint density at radius 1 is 1.42 bits per heavy atom. The van der Waals surface area contributed by atoms with E-state index < -0.39 is 0 Å². The number of benzene rings is 1. The maximum absolute atomic E-state index is 13.8. The van der Waals surface area contributed by atoms with Gasteiger partial charge in [-0.25, -0.2) is 9.07 Å². The van der Waals surface area contributed by atoms with Gasteiger partial charge in [0.05, 0.1) is 17.1 Å². The van der Waals surface area contributed by atoms with Crippen molar-refractivity contribution in [3.63, 3.8) is 0 Å². The summed E-state index contributed by atoms with van der Waals surface area (Å²) >= 11 is 3.32. The number of hydrogen-bond donors (Lipinski definition) is 2. The highest BCUT2D eigenvalue weighted by Gasteiger charge is 2.16. The average Bonchev–Trinajstić information content (AvgIpc) is 2.62. The van der Waals surface area contributed by atoms with E-state index in [2.05, 4.69) is 26.3 Å². The zero-order chi connectivity index (χ0) is 14.2. The molecule has 6 heteroatoms. The monoisotopic (exact) mass is 326 g/mol. The molecule has 0 aliphatic carbocycles. The fourth-order valence-electron chi connectivity index (χ4n) is 1.78. The Hall–Kier alpha value is -1.56. The van der Waals surface area contributed by atoms with Gasteiger partial charge >= 0.3 is 0 Å². The van der Waals surface area contributed by atoms with Crippen molar-refractivity contribution in [1.82, 2.24) is 9.78 Å². The minimum atomic E-state index is -0.336. The van der Waals surface area contributed by atoms with Crippen molar-refractivity contribution in [2.75, 3.05) is 11.1 Å². The summed E-state index contributed by atoms with van der Waals surface area (Å²) in [6, 6.07) is 4.84. The number of nitrogens with two attached hydrogens (primary N) is 1. The number of nitrogens with one attached hydrogen (secondary N) is 1. The van der Waals surface area contributed by atoms with Crippen LogP contribution in [0.15, 0.2) is 22.7 Å². The molecular weight excluding hydrogens is 311 g/mol. The van der Waals surface area contributed by atoms with Crippen molar-refractivity contribution in [2.24, 2.45) is 0 Å². The molecule has 1 heterocycles. The van der Waals surface area contributed by atoms with Crippen LogP contribution in [0.3, 0.4) is 0 Å². The largest absolute Gasteiger partial charge is 0.394 e. The van der Waals surface area contributed by atoms with Crippen LogP contribution in [-0.2, 0) is 0 Å². The molecule has 0 aliphatic rings. The van der Waals surface area contributed by atoms with Crippen molar-refractivity contribution in [1.29, 1.82) is 0 Å². The summed E-state index contributed by atoms with van der Waals surface area (Å²) < 4.78 is 16.3. The van der Waals surface area contributed by atoms with Crippen LogP contribution in [0.5, 0.6) is 0 Å². The number of aryl methyl sites for hydroxylation is 1. The molecule has 0 bridgehead atoms. The normalized spacial score (nSPS) is 11.1. The van der Waals surface area contributed by atoms with Crippen molar-refractivity contribution in [3.05, 3.63) is 34.2 Å². The van der Waals surface area contributed by atoms with Gasteiger partial charge < -0.3 is 11.1 Å². The number of aromatic nitrogens is 2. The number of nitrogens with zero attached hydrogens (tertiary/aromatic N) is 2. The molecule has 2 aromatic rings. The first-order chi connectivity index (χ1) is 8.90. The Balaban J connectivity index is 2.45. The summed E-state index contributed by atoms with van der Waals surface area (Å²) in [6.45, 7) is 5.82. The minimum Gasteiger partial charge on any atom is -0.394 e. The molecule has 0 atom stereocenters. The second kappa shape index (κ2) is 5.21. The maximum Gasteiger partial charge on any atom is 0.152 e. The van der Waals surface area contributed by atoms with Crippen LogP contribution in [0.2, 0.25) is 0 Å². The average molecular weight is 327 g/mol. The van der Waals surface area contributed by atoms with E-state index in [9.17, 15) is 4.39 Å². The lowest BCUT2D eigenvalue weighted by Crippen LogP contribution is -2.08. The first-order valence-corrected chi connectivity index (χ1v) is 6.76. The van der Waals surface area contributed by atoms with E-state index in [1.807, 2.05) is 20.8 Å². The molecule has 4 nitrogen and oxygen atoms in total. The first-order valence-electron chi connectivity index (χ1n) is 5.96. The maximum atomic E-state index is 13.8. The van der Waals surface area contributed by atoms with Gasteiger partial charge in [-0.05, 0) is 39.0 Å². The minimum absolute atomic E-state index is 0.133. The molecule has 2 rings (SSSR count). The molecule has 0 aliphatic heterocycles. The number of rotatable bonds is 3. The van der Waals surface area contributed by atoms with E-state index >= 15 is 0 Å². The third-order valence-electron chi connectivity index (χ3n) is 2.80. The van der Waals surface area contributed by atoms with Crippen LogP contribution < -0.4 is 11.1 Å². The quantitative estimate of drug-likeness (QED) is 0.896. The second-order valence-electron chi connectivity index (χ2n) is 4.64. The van der Waals surface area contributed by atoms with E-state index in [-0.39, 0.29) is 11.9 Å². The zero-order valence-electron chi connectivity index (χ0n) is 11.0. The van der Waals surface area contributed by atoms with Crippen molar-refractivity contribution >= 4 is 33.1 Å². The molecule has 0 fully saturated rings. The molecule has 0 spiro atoms. The van der Waals surface area contributed by atoms with E-state index in [4.69, 9.17) is 5.73 Å². The molecule has 1 aromatic heterocycles. The number of nitrogen functional groups attached to an aromatic ring is 1. The molecule has 1 aromatic carbocycles. The highest BCUT2D eigenvalue weighted by atomic mass is 79.9. The molecule has 0 radical (unpaired) electrons. The fourth-order valence-corrected chi connectivity index (χ4v) is 2.14. The summed E-state index contributed by atoms with van der Waals surface area (Å²) in [5, 5.41) is 7.38. The summed E-state index contributed by atoms with van der Waals surface area (Å²) in [6.07, 6.45) is 0. The predicted octanol–water partition coefficient (Wildman–Crippen LogP) is 4.00. The Labute approximate surface area is 119 Å². The van der Waals surface area contributed by atoms with Gasteiger partial charge in [-0.15, -0.1) is 0 Å². The standard InChI is InChI=1S/C13H16BrFN4/c1-7(2)19-13(12(16)8(3)18-19)17-11-6-9(14)4-5-10(11)15/h4-7,17H,16H2,1-3H3. The highest BCUT2D eigenvalue weighted by molar-refractivity contribution is 9.10. The molecule has 0 unspecified atom stereocenters. The van der Waals surface area contributed by atoms with Crippen molar-refractivity contribution in [2.45, 2.75) is 26.8 Å². The van der Waals surface area contributed by atoms with E-state index in [0.717, 1.165) is 10.2 Å². The summed E-state index contributed by atoms with van der Waals surface area (Å²) in [7, 11) is 0. The molecule has 0 saturated heterocycles. The Morgan fingerprint density at radius 2 is 2.11 bits per heavy atom. The van der Waals surface area contributed by atoms with Gasteiger partial charge in [-0.1, -0.05) is 15.9 Å². The van der Waals surface area contributed by atoms with Crippen LogP contribution in [0.4, 0.5) is 21.6 Å². The SMILES string of the molecule is Cc1nn(C(C)C)c(Nc2cc(Br)ccc2F)c1N.